The van der Waals surface area contributed by atoms with Crippen LogP contribution in [0.5, 0.6) is 0 Å². The number of carbonyl (C=O) groups is 2. The van der Waals surface area contributed by atoms with Gasteiger partial charge in [0.25, 0.3) is 0 Å². The summed E-state index contributed by atoms with van der Waals surface area (Å²) >= 11 is 0. The van der Waals surface area contributed by atoms with E-state index in [2.05, 4.69) is 15.6 Å². The molecule has 188 valence electrons. The minimum Gasteiger partial charge on any atom is -0.382 e. The van der Waals surface area contributed by atoms with Crippen LogP contribution in [-0.2, 0) is 20.9 Å². The molecule has 2 amide bonds. The van der Waals surface area contributed by atoms with Gasteiger partial charge in [0.15, 0.2) is 0 Å². The highest BCUT2D eigenvalue weighted by Gasteiger charge is 2.34. The molecule has 3 aromatic rings. The summed E-state index contributed by atoms with van der Waals surface area (Å²) in [4.78, 5) is 29.2. The van der Waals surface area contributed by atoms with Crippen molar-refractivity contribution in [2.45, 2.75) is 65.6 Å². The smallest absolute Gasteiger partial charge is 0.247 e. The zero-order chi connectivity index (χ0) is 25.4. The molecule has 1 atom stereocenters. The van der Waals surface area contributed by atoms with E-state index in [-0.39, 0.29) is 18.4 Å². The lowest BCUT2D eigenvalue weighted by atomic mass is 9.96. The average Bonchev–Trinajstić information content (AvgIpc) is 3.24. The Bertz CT molecular complexity index is 1140. The predicted molar refractivity (Wildman–Crippen MR) is 137 cm³/mol. The summed E-state index contributed by atoms with van der Waals surface area (Å²) in [5, 5.41) is 11.5. The zero-order valence-corrected chi connectivity index (χ0v) is 21.5. The lowest BCUT2D eigenvalue weighted by Crippen LogP contribution is -2.51. The first-order chi connectivity index (χ1) is 16.8. The number of amides is 2. The normalized spacial score (nSPS) is 12.5. The molecule has 0 aliphatic rings. The number of ether oxygens (including phenoxy) is 1. The molecular formula is C27H37N5O3. The summed E-state index contributed by atoms with van der Waals surface area (Å²) in [7, 11) is 0. The van der Waals surface area contributed by atoms with Crippen LogP contribution < -0.4 is 5.32 Å². The van der Waals surface area contributed by atoms with Crippen LogP contribution in [0.15, 0.2) is 48.5 Å². The molecule has 0 saturated carbocycles. The van der Waals surface area contributed by atoms with Crippen LogP contribution in [0.4, 0.5) is 0 Å². The molecule has 1 unspecified atom stereocenters. The van der Waals surface area contributed by atoms with Crippen LogP contribution >= 0.6 is 0 Å². The van der Waals surface area contributed by atoms with Crippen molar-refractivity contribution in [2.24, 2.45) is 0 Å². The molecule has 3 rings (SSSR count). The number of benzene rings is 2. The Labute approximate surface area is 207 Å². The topological polar surface area (TPSA) is 89.3 Å². The lowest BCUT2D eigenvalue weighted by Gasteiger charge is -2.35. The van der Waals surface area contributed by atoms with Crippen LogP contribution in [0.25, 0.3) is 11.0 Å². The van der Waals surface area contributed by atoms with E-state index in [1.54, 1.807) is 9.58 Å². The minimum atomic E-state index is -0.772. The first-order valence-electron chi connectivity index (χ1n) is 12.3. The van der Waals surface area contributed by atoms with Crippen LogP contribution in [-0.4, -0.2) is 57.0 Å². The maximum Gasteiger partial charge on any atom is 0.247 e. The number of aryl methyl sites for hydroxylation is 1. The second-order valence-corrected chi connectivity index (χ2v) is 9.36. The molecule has 0 aliphatic carbocycles. The van der Waals surface area contributed by atoms with Crippen molar-refractivity contribution < 1.29 is 14.3 Å². The maximum absolute atomic E-state index is 13.8. The quantitative estimate of drug-likeness (QED) is 0.396. The number of para-hydroxylation sites is 1. The van der Waals surface area contributed by atoms with Crippen molar-refractivity contribution in [1.29, 1.82) is 0 Å². The van der Waals surface area contributed by atoms with Crippen LogP contribution in [0.2, 0.25) is 0 Å². The van der Waals surface area contributed by atoms with Gasteiger partial charge in [-0.05, 0) is 63.8 Å². The molecule has 2 aromatic carbocycles. The van der Waals surface area contributed by atoms with Crippen molar-refractivity contribution >= 4 is 22.8 Å². The first kappa shape index (κ1) is 26.3. The molecule has 0 bridgehead atoms. The highest BCUT2D eigenvalue weighted by molar-refractivity contribution is 5.90. The number of nitrogens with one attached hydrogen (secondary N) is 1. The third-order valence-electron chi connectivity index (χ3n) is 6.31. The van der Waals surface area contributed by atoms with Crippen molar-refractivity contribution in [3.8, 4) is 0 Å². The summed E-state index contributed by atoms with van der Waals surface area (Å²) in [5.74, 6) is -0.394. The summed E-state index contributed by atoms with van der Waals surface area (Å²) < 4.78 is 7.12. The summed E-state index contributed by atoms with van der Waals surface area (Å²) in [6, 6.07) is 14.5. The summed E-state index contributed by atoms with van der Waals surface area (Å²) in [5.41, 5.74) is 2.86. The van der Waals surface area contributed by atoms with Gasteiger partial charge in [-0.2, -0.15) is 0 Å². The van der Waals surface area contributed by atoms with Gasteiger partial charge in [0, 0.05) is 25.3 Å². The number of carbonyl (C=O) groups excluding carboxylic acids is 2. The Morgan fingerprint density at radius 1 is 1.11 bits per heavy atom. The molecule has 0 fully saturated rings. The van der Waals surface area contributed by atoms with Gasteiger partial charge in [0.1, 0.15) is 18.1 Å². The molecule has 1 N–H and O–H groups in total. The minimum absolute atomic E-state index is 0.0119. The summed E-state index contributed by atoms with van der Waals surface area (Å²) in [6.45, 7) is 11.4. The number of nitrogens with zero attached hydrogens (tertiary/aromatic N) is 4. The number of aromatic nitrogens is 3. The van der Waals surface area contributed by atoms with Crippen molar-refractivity contribution in [2.75, 3.05) is 19.8 Å². The van der Waals surface area contributed by atoms with Crippen molar-refractivity contribution in [1.82, 2.24) is 25.2 Å². The SMILES string of the molecule is CCOCCCN(C(=O)Cn1nnc2ccccc21)C(C(=O)NC(C)(C)CC)c1ccccc1C. The van der Waals surface area contributed by atoms with E-state index in [1.807, 2.05) is 83.1 Å². The standard InChI is InChI=1S/C27H37N5O3/c1-6-27(4,5)28-26(34)25(21-14-9-8-13-20(21)3)31(17-12-18-35-7-2)24(33)19-32-23-16-11-10-15-22(23)29-30-32/h8-11,13-16,25H,6-7,12,17-19H2,1-5H3,(H,28,34). The van der Waals surface area contributed by atoms with Gasteiger partial charge in [-0.3, -0.25) is 9.59 Å². The fourth-order valence-electron chi connectivity index (χ4n) is 3.97. The van der Waals surface area contributed by atoms with Gasteiger partial charge >= 0.3 is 0 Å². The van der Waals surface area contributed by atoms with Crippen LogP contribution in [0.3, 0.4) is 0 Å². The second-order valence-electron chi connectivity index (χ2n) is 9.36. The fraction of sp³-hybridized carbons (Fsp3) is 0.481. The molecule has 0 saturated heterocycles. The first-order valence-corrected chi connectivity index (χ1v) is 12.3. The molecule has 0 aliphatic heterocycles. The van der Waals surface area contributed by atoms with E-state index < -0.39 is 11.6 Å². The average molecular weight is 480 g/mol. The van der Waals surface area contributed by atoms with E-state index in [1.165, 1.54) is 0 Å². The largest absolute Gasteiger partial charge is 0.382 e. The third-order valence-corrected chi connectivity index (χ3v) is 6.31. The Kier molecular flexibility index (Phi) is 8.98. The number of hydrogen-bond acceptors (Lipinski definition) is 5. The maximum atomic E-state index is 13.8. The summed E-state index contributed by atoms with van der Waals surface area (Å²) in [6.07, 6.45) is 1.38. The van der Waals surface area contributed by atoms with E-state index in [4.69, 9.17) is 4.74 Å². The fourth-order valence-corrected chi connectivity index (χ4v) is 3.97. The van der Waals surface area contributed by atoms with Gasteiger partial charge in [-0.15, -0.1) is 5.10 Å². The van der Waals surface area contributed by atoms with Crippen molar-refractivity contribution in [3.05, 3.63) is 59.7 Å². The molecule has 0 spiro atoms. The van der Waals surface area contributed by atoms with E-state index in [9.17, 15) is 9.59 Å². The third kappa shape index (κ3) is 6.66. The number of rotatable bonds is 12. The Morgan fingerprint density at radius 2 is 1.83 bits per heavy atom. The molecular weight excluding hydrogens is 442 g/mol. The predicted octanol–water partition coefficient (Wildman–Crippen LogP) is 4.04. The van der Waals surface area contributed by atoms with E-state index in [0.717, 1.165) is 28.6 Å². The highest BCUT2D eigenvalue weighted by Crippen LogP contribution is 2.27. The Morgan fingerprint density at radius 3 is 2.54 bits per heavy atom. The van der Waals surface area contributed by atoms with E-state index >= 15 is 0 Å². The number of fused-ring (bicyclic) bond motifs is 1. The highest BCUT2D eigenvalue weighted by atomic mass is 16.5. The molecule has 1 aromatic heterocycles. The van der Waals surface area contributed by atoms with Crippen molar-refractivity contribution in [3.63, 3.8) is 0 Å². The van der Waals surface area contributed by atoms with E-state index in [0.29, 0.717) is 26.2 Å². The zero-order valence-electron chi connectivity index (χ0n) is 21.5. The van der Waals surface area contributed by atoms with Gasteiger partial charge in [0.05, 0.1) is 5.52 Å². The van der Waals surface area contributed by atoms with Crippen LogP contribution in [0, 0.1) is 6.92 Å². The molecule has 35 heavy (non-hydrogen) atoms. The van der Waals surface area contributed by atoms with Gasteiger partial charge < -0.3 is 15.0 Å². The van der Waals surface area contributed by atoms with Gasteiger partial charge in [-0.25, -0.2) is 4.68 Å². The van der Waals surface area contributed by atoms with Crippen LogP contribution in [0.1, 0.15) is 57.7 Å². The second kappa shape index (κ2) is 11.9. The molecule has 0 radical (unpaired) electrons. The molecule has 1 heterocycles. The molecule has 8 nitrogen and oxygen atoms in total. The monoisotopic (exact) mass is 479 g/mol. The lowest BCUT2D eigenvalue weighted by molar-refractivity contribution is -0.142. The van der Waals surface area contributed by atoms with Gasteiger partial charge in [0.2, 0.25) is 11.8 Å². The number of hydrogen-bond donors (Lipinski definition) is 1. The molecule has 8 heteroatoms. The Hall–Kier alpha value is -3.26. The Balaban J connectivity index is 1.99. The van der Waals surface area contributed by atoms with Gasteiger partial charge in [-0.1, -0.05) is 48.5 Å².